The first-order chi connectivity index (χ1) is 12.3. The molecule has 1 rings (SSSR count). The summed E-state index contributed by atoms with van der Waals surface area (Å²) in [6.45, 7) is 17.8. The highest BCUT2D eigenvalue weighted by Gasteiger charge is 2.09. The van der Waals surface area contributed by atoms with Gasteiger partial charge in [-0.3, -0.25) is 4.79 Å². The van der Waals surface area contributed by atoms with Crippen LogP contribution < -0.4 is 0 Å². The van der Waals surface area contributed by atoms with Crippen molar-refractivity contribution in [2.24, 2.45) is 0 Å². The van der Waals surface area contributed by atoms with Gasteiger partial charge in [-0.25, -0.2) is 4.98 Å². The summed E-state index contributed by atoms with van der Waals surface area (Å²) < 4.78 is 0. The molecule has 1 N–H and O–H groups in total. The van der Waals surface area contributed by atoms with Crippen molar-refractivity contribution in [2.75, 3.05) is 6.54 Å². The summed E-state index contributed by atoms with van der Waals surface area (Å²) >= 11 is 0. The van der Waals surface area contributed by atoms with Gasteiger partial charge in [-0.2, -0.15) is 0 Å². The lowest BCUT2D eigenvalue weighted by molar-refractivity contribution is -0.118. The van der Waals surface area contributed by atoms with Crippen molar-refractivity contribution in [1.29, 1.82) is 0 Å². The van der Waals surface area contributed by atoms with E-state index in [-0.39, 0.29) is 0 Å². The minimum Gasteiger partial charge on any atom is -0.341 e. The van der Waals surface area contributed by atoms with Gasteiger partial charge in [0.15, 0.2) is 0 Å². The highest BCUT2D eigenvalue weighted by molar-refractivity contribution is 5.67. The third kappa shape index (κ3) is 6.51. The Morgan fingerprint density at radius 3 is 2.42 bits per heavy atom. The molecule has 1 amide bonds. The molecule has 4 heteroatoms. The number of imidazole rings is 1. The lowest BCUT2D eigenvalue weighted by atomic mass is 10.00. The molecule has 0 spiro atoms. The summed E-state index contributed by atoms with van der Waals surface area (Å²) in [5.74, 6) is 0.812. The maximum Gasteiger partial charge on any atom is 0.210 e. The number of nitrogens with one attached hydrogen (secondary N) is 1. The Morgan fingerprint density at radius 2 is 1.92 bits per heavy atom. The van der Waals surface area contributed by atoms with Crippen LogP contribution >= 0.6 is 0 Å². The zero-order valence-corrected chi connectivity index (χ0v) is 17.1. The number of nitrogens with zero attached hydrogens (tertiary/aromatic N) is 2. The standard InChI is InChI=1S/C22H33N3O/c1-8-10-25(15-26)14-22-23-13-21(24-22)19(9-2)12-20(17(5)6)11-18(7)16(3)4/h11-13,15H,3,8-10,14H2,1-2,4-7H3,(H,23,24)/b18-11+,19-12+. The van der Waals surface area contributed by atoms with Crippen LogP contribution in [-0.2, 0) is 11.3 Å². The molecule has 1 aromatic heterocycles. The van der Waals surface area contributed by atoms with Crippen LogP contribution in [0.1, 0.15) is 65.9 Å². The summed E-state index contributed by atoms with van der Waals surface area (Å²) in [6.07, 6.45) is 8.96. The van der Waals surface area contributed by atoms with Crippen LogP contribution in [0.3, 0.4) is 0 Å². The minimum absolute atomic E-state index is 0.512. The number of rotatable bonds is 10. The van der Waals surface area contributed by atoms with Crippen molar-refractivity contribution in [3.05, 3.63) is 58.7 Å². The van der Waals surface area contributed by atoms with E-state index >= 15 is 0 Å². The summed E-state index contributed by atoms with van der Waals surface area (Å²) in [5, 5.41) is 0. The summed E-state index contributed by atoms with van der Waals surface area (Å²) in [4.78, 5) is 20.7. The fourth-order valence-corrected chi connectivity index (χ4v) is 2.50. The highest BCUT2D eigenvalue weighted by Crippen LogP contribution is 2.22. The van der Waals surface area contributed by atoms with E-state index in [1.54, 1.807) is 4.90 Å². The monoisotopic (exact) mass is 355 g/mol. The van der Waals surface area contributed by atoms with Crippen molar-refractivity contribution in [3.63, 3.8) is 0 Å². The van der Waals surface area contributed by atoms with Crippen LogP contribution in [0.4, 0.5) is 0 Å². The summed E-state index contributed by atoms with van der Waals surface area (Å²) in [5.41, 5.74) is 6.90. The Hall–Kier alpha value is -2.36. The van der Waals surface area contributed by atoms with Gasteiger partial charge in [0.1, 0.15) is 5.82 Å². The Kier molecular flexibility index (Phi) is 8.83. The quantitative estimate of drug-likeness (QED) is 0.449. The van der Waals surface area contributed by atoms with Crippen molar-refractivity contribution in [3.8, 4) is 0 Å². The number of hydrogen-bond acceptors (Lipinski definition) is 2. The molecule has 142 valence electrons. The predicted octanol–water partition coefficient (Wildman–Crippen LogP) is 5.43. The van der Waals surface area contributed by atoms with E-state index in [1.165, 1.54) is 22.3 Å². The number of carbonyl (C=O) groups excluding carboxylic acids is 1. The third-order valence-electron chi connectivity index (χ3n) is 4.32. The first-order valence-electron chi connectivity index (χ1n) is 9.28. The van der Waals surface area contributed by atoms with Gasteiger partial charge in [-0.15, -0.1) is 0 Å². The average Bonchev–Trinajstić information content (AvgIpc) is 3.05. The Morgan fingerprint density at radius 1 is 1.23 bits per heavy atom. The van der Waals surface area contributed by atoms with Gasteiger partial charge in [0, 0.05) is 6.54 Å². The molecule has 1 heterocycles. The highest BCUT2D eigenvalue weighted by atomic mass is 16.1. The number of carbonyl (C=O) groups is 1. The molecule has 0 aliphatic carbocycles. The SMILES string of the molecule is C=C(C)/C(C)=C/C(/C=C(\CC)c1cnc(CN(C=O)CCC)[nH]1)=C(C)C. The Labute approximate surface area is 158 Å². The van der Waals surface area contributed by atoms with E-state index in [2.05, 4.69) is 63.3 Å². The van der Waals surface area contributed by atoms with Gasteiger partial charge in [-0.05, 0) is 63.3 Å². The molecule has 0 unspecified atom stereocenters. The maximum absolute atomic E-state index is 11.1. The fourth-order valence-electron chi connectivity index (χ4n) is 2.50. The van der Waals surface area contributed by atoms with Gasteiger partial charge >= 0.3 is 0 Å². The van der Waals surface area contributed by atoms with E-state index < -0.39 is 0 Å². The van der Waals surface area contributed by atoms with E-state index in [0.29, 0.717) is 6.54 Å². The minimum atomic E-state index is 0.512. The van der Waals surface area contributed by atoms with Crippen LogP contribution in [0.2, 0.25) is 0 Å². The molecule has 0 aromatic carbocycles. The second kappa shape index (κ2) is 10.6. The molecule has 26 heavy (non-hydrogen) atoms. The molecule has 0 bridgehead atoms. The van der Waals surface area contributed by atoms with Crippen LogP contribution in [0.25, 0.3) is 5.57 Å². The summed E-state index contributed by atoms with van der Waals surface area (Å²) in [7, 11) is 0. The number of amides is 1. The zero-order chi connectivity index (χ0) is 19.7. The number of H-pyrrole nitrogens is 1. The van der Waals surface area contributed by atoms with Gasteiger partial charge in [0.05, 0.1) is 18.4 Å². The van der Waals surface area contributed by atoms with Gasteiger partial charge < -0.3 is 9.88 Å². The average molecular weight is 356 g/mol. The first kappa shape index (κ1) is 21.7. The lowest BCUT2D eigenvalue weighted by Crippen LogP contribution is -2.22. The molecule has 0 saturated heterocycles. The molecule has 4 nitrogen and oxygen atoms in total. The van der Waals surface area contributed by atoms with Crippen molar-refractivity contribution in [1.82, 2.24) is 14.9 Å². The second-order valence-corrected chi connectivity index (χ2v) is 6.91. The van der Waals surface area contributed by atoms with Crippen molar-refractivity contribution < 1.29 is 4.79 Å². The fraction of sp³-hybridized carbons (Fsp3) is 0.455. The van der Waals surface area contributed by atoms with Crippen LogP contribution in [0.15, 0.2) is 47.2 Å². The number of hydrogen-bond donors (Lipinski definition) is 1. The molecular formula is C22H33N3O. The van der Waals surface area contributed by atoms with Gasteiger partial charge in [0.2, 0.25) is 6.41 Å². The molecule has 0 atom stereocenters. The predicted molar refractivity (Wildman–Crippen MR) is 111 cm³/mol. The topological polar surface area (TPSA) is 49.0 Å². The van der Waals surface area contributed by atoms with E-state index in [0.717, 1.165) is 42.9 Å². The molecule has 0 radical (unpaired) electrons. The second-order valence-electron chi connectivity index (χ2n) is 6.91. The Bertz CT molecular complexity index is 716. The third-order valence-corrected chi connectivity index (χ3v) is 4.32. The van der Waals surface area contributed by atoms with Gasteiger partial charge in [-0.1, -0.05) is 37.6 Å². The van der Waals surface area contributed by atoms with Crippen LogP contribution in [0.5, 0.6) is 0 Å². The molecule has 0 aliphatic heterocycles. The van der Waals surface area contributed by atoms with Crippen LogP contribution in [-0.4, -0.2) is 27.8 Å². The van der Waals surface area contributed by atoms with Crippen molar-refractivity contribution in [2.45, 2.75) is 60.9 Å². The number of aromatic amines is 1. The summed E-state index contributed by atoms with van der Waals surface area (Å²) in [6, 6.07) is 0. The van der Waals surface area contributed by atoms with Gasteiger partial charge in [0.25, 0.3) is 0 Å². The molecular weight excluding hydrogens is 322 g/mol. The van der Waals surface area contributed by atoms with E-state index in [4.69, 9.17) is 0 Å². The van der Waals surface area contributed by atoms with E-state index in [1.807, 2.05) is 13.1 Å². The molecule has 0 aliphatic rings. The number of allylic oxidation sites excluding steroid dienone is 7. The molecule has 0 fully saturated rings. The van der Waals surface area contributed by atoms with Crippen molar-refractivity contribution >= 4 is 12.0 Å². The van der Waals surface area contributed by atoms with E-state index in [9.17, 15) is 4.79 Å². The smallest absolute Gasteiger partial charge is 0.210 e. The molecule has 1 aromatic rings. The zero-order valence-electron chi connectivity index (χ0n) is 17.1. The first-order valence-corrected chi connectivity index (χ1v) is 9.28. The Balaban J connectivity index is 3.12. The van der Waals surface area contributed by atoms with Crippen LogP contribution in [0, 0.1) is 0 Å². The lowest BCUT2D eigenvalue weighted by Gasteiger charge is -2.14. The molecule has 0 saturated carbocycles. The maximum atomic E-state index is 11.1. The largest absolute Gasteiger partial charge is 0.341 e. The normalized spacial score (nSPS) is 12.1. The number of aromatic nitrogens is 2.